The number of benzene rings is 2. The van der Waals surface area contributed by atoms with E-state index in [4.69, 9.17) is 9.47 Å². The third kappa shape index (κ3) is 4.22. The third-order valence-electron chi connectivity index (χ3n) is 4.78. The van der Waals surface area contributed by atoms with Crippen LogP contribution < -0.4 is 14.8 Å². The lowest BCUT2D eigenvalue weighted by atomic mass is 10.1. The molecule has 2 aromatic carbocycles. The highest BCUT2D eigenvalue weighted by atomic mass is 32.2. The summed E-state index contributed by atoms with van der Waals surface area (Å²) in [6, 6.07) is 12.3. The van der Waals surface area contributed by atoms with Gasteiger partial charge in [-0.2, -0.15) is 0 Å². The number of carbonyl (C=O) groups excluding carboxylic acids is 3. The molecule has 0 saturated carbocycles. The minimum absolute atomic E-state index is 0.170. The molecule has 150 valence electrons. The second kappa shape index (κ2) is 8.16. The topological polar surface area (TPSA) is 84.9 Å². The van der Waals surface area contributed by atoms with Gasteiger partial charge in [-0.25, -0.2) is 0 Å². The van der Waals surface area contributed by atoms with E-state index < -0.39 is 0 Å². The average Bonchev–Trinajstić information content (AvgIpc) is 3.05. The van der Waals surface area contributed by atoms with Gasteiger partial charge in [0.05, 0.1) is 18.3 Å². The van der Waals surface area contributed by atoms with Crippen LogP contribution in [-0.2, 0) is 11.3 Å². The van der Waals surface area contributed by atoms with E-state index in [-0.39, 0.29) is 35.4 Å². The van der Waals surface area contributed by atoms with Crippen molar-refractivity contribution in [1.29, 1.82) is 0 Å². The Morgan fingerprint density at radius 2 is 1.93 bits per heavy atom. The van der Waals surface area contributed by atoms with E-state index in [1.54, 1.807) is 24.3 Å². The normalized spacial score (nSPS) is 16.7. The van der Waals surface area contributed by atoms with Gasteiger partial charge in [0.15, 0.2) is 11.5 Å². The Hall–Kier alpha value is -3.00. The molecule has 0 aromatic heterocycles. The maximum atomic E-state index is 12.7. The molecular formula is C21H20N2O5S. The van der Waals surface area contributed by atoms with Gasteiger partial charge in [-0.3, -0.25) is 19.3 Å². The number of hydrogen-bond acceptors (Lipinski definition) is 6. The molecule has 0 aliphatic carbocycles. The maximum Gasteiger partial charge on any atom is 0.289 e. The molecule has 2 aromatic rings. The Morgan fingerprint density at radius 1 is 1.14 bits per heavy atom. The van der Waals surface area contributed by atoms with Gasteiger partial charge in [-0.1, -0.05) is 30.0 Å². The smallest absolute Gasteiger partial charge is 0.289 e. The van der Waals surface area contributed by atoms with Crippen LogP contribution in [0.2, 0.25) is 0 Å². The number of thioether (sulfide) groups is 1. The fourth-order valence-electron chi connectivity index (χ4n) is 3.22. The molecule has 2 aliphatic heterocycles. The van der Waals surface area contributed by atoms with Crippen molar-refractivity contribution in [3.05, 3.63) is 59.2 Å². The largest absolute Gasteiger partial charge is 0.486 e. The Kier molecular flexibility index (Phi) is 5.44. The van der Waals surface area contributed by atoms with E-state index in [2.05, 4.69) is 5.32 Å². The molecule has 4 rings (SSSR count). The van der Waals surface area contributed by atoms with Crippen molar-refractivity contribution >= 4 is 28.8 Å². The molecule has 29 heavy (non-hydrogen) atoms. The maximum absolute atomic E-state index is 12.7. The summed E-state index contributed by atoms with van der Waals surface area (Å²) in [5.74, 6) is 1.11. The lowest BCUT2D eigenvalue weighted by Gasteiger charge is -2.21. The van der Waals surface area contributed by atoms with Gasteiger partial charge < -0.3 is 14.8 Å². The number of nitrogens with one attached hydrogen (secondary N) is 1. The molecule has 1 saturated heterocycles. The highest BCUT2D eigenvalue weighted by Crippen LogP contribution is 2.32. The molecule has 0 radical (unpaired) electrons. The highest BCUT2D eigenvalue weighted by molar-refractivity contribution is 8.14. The summed E-state index contributed by atoms with van der Waals surface area (Å²) in [4.78, 5) is 37.5. The van der Waals surface area contributed by atoms with E-state index >= 15 is 0 Å². The molecule has 0 spiro atoms. The lowest BCUT2D eigenvalue weighted by molar-refractivity contribution is -0.125. The predicted molar refractivity (Wildman–Crippen MR) is 108 cm³/mol. The van der Waals surface area contributed by atoms with Gasteiger partial charge >= 0.3 is 0 Å². The van der Waals surface area contributed by atoms with E-state index in [1.165, 1.54) is 4.90 Å². The van der Waals surface area contributed by atoms with Crippen molar-refractivity contribution in [1.82, 2.24) is 10.2 Å². The van der Waals surface area contributed by atoms with Crippen LogP contribution in [0.5, 0.6) is 11.5 Å². The molecule has 1 fully saturated rings. The van der Waals surface area contributed by atoms with Crippen LogP contribution in [0.15, 0.2) is 42.5 Å². The van der Waals surface area contributed by atoms with Crippen LogP contribution >= 0.6 is 11.8 Å². The van der Waals surface area contributed by atoms with Gasteiger partial charge in [0.1, 0.15) is 13.2 Å². The van der Waals surface area contributed by atoms with Gasteiger partial charge in [-0.15, -0.1) is 0 Å². The first kappa shape index (κ1) is 19.3. The predicted octanol–water partition coefficient (Wildman–Crippen LogP) is 3.14. The summed E-state index contributed by atoms with van der Waals surface area (Å²) in [6.07, 6.45) is 0. The zero-order valence-corrected chi connectivity index (χ0v) is 16.7. The Labute approximate surface area is 172 Å². The highest BCUT2D eigenvalue weighted by Gasteiger charge is 2.29. The van der Waals surface area contributed by atoms with Crippen molar-refractivity contribution in [2.75, 3.05) is 19.0 Å². The Bertz CT molecular complexity index is 961. The fourth-order valence-corrected chi connectivity index (χ4v) is 3.94. The number of hydrogen-bond donors (Lipinski definition) is 1. The van der Waals surface area contributed by atoms with Crippen molar-refractivity contribution in [3.63, 3.8) is 0 Å². The molecule has 0 bridgehead atoms. The monoisotopic (exact) mass is 412 g/mol. The molecule has 2 heterocycles. The summed E-state index contributed by atoms with van der Waals surface area (Å²) in [5, 5.41) is 2.72. The second-order valence-electron chi connectivity index (χ2n) is 6.83. The van der Waals surface area contributed by atoms with Gasteiger partial charge in [0.25, 0.3) is 11.1 Å². The standard InChI is InChI=1S/C21H20N2O5S/c1-13(15-5-6-17-18(10-15)28-8-7-27-17)22-20(25)16-4-2-3-14(9-16)11-23-19(24)12-29-21(23)26/h2-6,9-10,13H,7-8,11-12H2,1H3,(H,22,25)/t13-/m1/s1. The molecule has 7 nitrogen and oxygen atoms in total. The second-order valence-corrected chi connectivity index (χ2v) is 7.76. The zero-order chi connectivity index (χ0) is 20.4. The third-order valence-corrected chi connectivity index (χ3v) is 5.64. The molecule has 8 heteroatoms. The number of amides is 3. The quantitative estimate of drug-likeness (QED) is 0.812. The first-order valence-electron chi connectivity index (χ1n) is 9.28. The summed E-state index contributed by atoms with van der Waals surface area (Å²) in [7, 11) is 0. The van der Waals surface area contributed by atoms with E-state index in [0.29, 0.717) is 30.3 Å². The molecule has 0 unspecified atom stereocenters. The number of rotatable bonds is 5. The summed E-state index contributed by atoms with van der Waals surface area (Å²) in [5.41, 5.74) is 2.11. The summed E-state index contributed by atoms with van der Waals surface area (Å²) >= 11 is 0.998. The first-order chi connectivity index (χ1) is 14.0. The van der Waals surface area contributed by atoms with Crippen molar-refractivity contribution in [3.8, 4) is 11.5 Å². The average molecular weight is 412 g/mol. The molecule has 1 atom stereocenters. The minimum atomic E-state index is -0.253. The lowest BCUT2D eigenvalue weighted by Crippen LogP contribution is -2.29. The number of ether oxygens (including phenoxy) is 2. The number of nitrogens with zero attached hydrogens (tertiary/aromatic N) is 1. The minimum Gasteiger partial charge on any atom is -0.486 e. The van der Waals surface area contributed by atoms with Crippen molar-refractivity contribution < 1.29 is 23.9 Å². The van der Waals surface area contributed by atoms with Crippen LogP contribution in [0.3, 0.4) is 0 Å². The first-order valence-corrected chi connectivity index (χ1v) is 10.3. The molecular weight excluding hydrogens is 392 g/mol. The number of carbonyl (C=O) groups is 3. The zero-order valence-electron chi connectivity index (χ0n) is 15.8. The van der Waals surface area contributed by atoms with Crippen molar-refractivity contribution in [2.45, 2.75) is 19.5 Å². The van der Waals surface area contributed by atoms with Gasteiger partial charge in [0.2, 0.25) is 5.91 Å². The molecule has 1 N–H and O–H groups in total. The Balaban J connectivity index is 1.44. The van der Waals surface area contributed by atoms with E-state index in [9.17, 15) is 14.4 Å². The van der Waals surface area contributed by atoms with E-state index in [1.807, 2.05) is 25.1 Å². The summed E-state index contributed by atoms with van der Waals surface area (Å²) in [6.45, 7) is 3.10. The van der Waals surface area contributed by atoms with Gasteiger partial charge in [-0.05, 0) is 42.3 Å². The van der Waals surface area contributed by atoms with Crippen LogP contribution in [0, 0.1) is 0 Å². The van der Waals surface area contributed by atoms with Crippen LogP contribution in [0.25, 0.3) is 0 Å². The van der Waals surface area contributed by atoms with E-state index in [0.717, 1.165) is 22.9 Å². The van der Waals surface area contributed by atoms with Crippen LogP contribution in [0.1, 0.15) is 34.5 Å². The van der Waals surface area contributed by atoms with Gasteiger partial charge in [0, 0.05) is 5.56 Å². The number of fused-ring (bicyclic) bond motifs is 1. The Morgan fingerprint density at radius 3 is 2.69 bits per heavy atom. The van der Waals surface area contributed by atoms with Crippen LogP contribution in [-0.4, -0.2) is 40.9 Å². The molecule has 3 amide bonds. The SMILES string of the molecule is C[C@@H](NC(=O)c1cccc(CN2C(=O)CSC2=O)c1)c1ccc2c(c1)OCCO2. The van der Waals surface area contributed by atoms with Crippen LogP contribution in [0.4, 0.5) is 4.79 Å². The summed E-state index contributed by atoms with van der Waals surface area (Å²) < 4.78 is 11.1. The fraction of sp³-hybridized carbons (Fsp3) is 0.286. The number of imide groups is 1. The molecule has 2 aliphatic rings. The van der Waals surface area contributed by atoms with Crippen molar-refractivity contribution in [2.24, 2.45) is 0 Å².